The largest absolute Gasteiger partial charge is 0.375 e. The molecule has 0 bridgehead atoms. The minimum absolute atomic E-state index is 0.119. The Labute approximate surface area is 128 Å². The minimum atomic E-state index is -2.42. The maximum atomic E-state index is 12.0. The van der Waals surface area contributed by atoms with Crippen LogP contribution in [0.4, 0.5) is 8.78 Å². The maximum Gasteiger partial charge on any atom is 0.261 e. The van der Waals surface area contributed by atoms with Gasteiger partial charge in [0.15, 0.2) is 0 Å². The monoisotopic (exact) mass is 325 g/mol. The fraction of sp³-hybridized carbons (Fsp3) is 0.571. The van der Waals surface area contributed by atoms with Gasteiger partial charge in [-0.3, -0.25) is 0 Å². The average Bonchev–Trinajstić information content (AvgIpc) is 2.40. The van der Waals surface area contributed by atoms with Gasteiger partial charge in [-0.1, -0.05) is 42.3 Å². The fourth-order valence-corrected chi connectivity index (χ4v) is 2.33. The highest BCUT2D eigenvalue weighted by Crippen LogP contribution is 2.26. The van der Waals surface area contributed by atoms with E-state index < -0.39 is 13.0 Å². The first-order chi connectivity index (χ1) is 9.54. The van der Waals surface area contributed by atoms with Crippen LogP contribution in [-0.2, 0) is 11.2 Å². The Bertz CT molecular complexity index is 405. The smallest absolute Gasteiger partial charge is 0.261 e. The summed E-state index contributed by atoms with van der Waals surface area (Å²) in [4.78, 5) is 0. The summed E-state index contributed by atoms with van der Waals surface area (Å²) in [5, 5.41) is 4.37. The summed E-state index contributed by atoms with van der Waals surface area (Å²) in [5.41, 5.74) is 0.943. The van der Waals surface area contributed by atoms with Gasteiger partial charge in [0.05, 0.1) is 10.0 Å². The number of likely N-dealkylation sites (N-methyl/N-ethyl adjacent to an activating group) is 1. The van der Waals surface area contributed by atoms with E-state index >= 15 is 0 Å². The van der Waals surface area contributed by atoms with Crippen molar-refractivity contribution in [3.63, 3.8) is 0 Å². The molecular weight excluding hydrogens is 307 g/mol. The molecular formula is C14H19Cl2F2NO. The van der Waals surface area contributed by atoms with E-state index in [0.717, 1.165) is 12.1 Å². The quantitative estimate of drug-likeness (QED) is 0.687. The Balaban J connectivity index is 2.51. The van der Waals surface area contributed by atoms with Crippen LogP contribution < -0.4 is 5.32 Å². The average molecular weight is 326 g/mol. The molecule has 1 aromatic rings. The summed E-state index contributed by atoms with van der Waals surface area (Å²) >= 11 is 12.1. The van der Waals surface area contributed by atoms with Crippen molar-refractivity contribution in [1.82, 2.24) is 5.32 Å². The van der Waals surface area contributed by atoms with E-state index in [-0.39, 0.29) is 6.04 Å². The molecule has 2 nitrogen and oxygen atoms in total. The third-order valence-electron chi connectivity index (χ3n) is 2.85. The molecule has 1 N–H and O–H groups in total. The van der Waals surface area contributed by atoms with Crippen LogP contribution in [0.15, 0.2) is 18.2 Å². The van der Waals surface area contributed by atoms with Gasteiger partial charge in [-0.25, -0.2) is 8.78 Å². The normalized spacial score (nSPS) is 12.9. The third kappa shape index (κ3) is 6.35. The lowest BCUT2D eigenvalue weighted by molar-refractivity contribution is 0.0144. The first-order valence-corrected chi connectivity index (χ1v) is 7.32. The van der Waals surface area contributed by atoms with Crippen LogP contribution >= 0.6 is 23.2 Å². The van der Waals surface area contributed by atoms with Gasteiger partial charge in [0.2, 0.25) is 0 Å². The summed E-state index contributed by atoms with van der Waals surface area (Å²) in [7, 11) is 0. The first-order valence-electron chi connectivity index (χ1n) is 6.56. The number of rotatable bonds is 9. The number of alkyl halides is 2. The molecule has 0 saturated heterocycles. The van der Waals surface area contributed by atoms with E-state index in [1.807, 2.05) is 19.1 Å². The third-order valence-corrected chi connectivity index (χ3v) is 3.70. The van der Waals surface area contributed by atoms with Gasteiger partial charge < -0.3 is 10.1 Å². The summed E-state index contributed by atoms with van der Waals surface area (Å²) in [5.74, 6) is 0. The van der Waals surface area contributed by atoms with Crippen LogP contribution in [0, 0.1) is 0 Å². The molecule has 0 heterocycles. The number of ether oxygens (including phenoxy) is 1. The number of halogens is 4. The van der Waals surface area contributed by atoms with Crippen LogP contribution in [-0.4, -0.2) is 32.2 Å². The predicted octanol–water partition coefficient (Wildman–Crippen LogP) is 4.19. The zero-order chi connectivity index (χ0) is 15.0. The van der Waals surface area contributed by atoms with Crippen LogP contribution in [0.5, 0.6) is 0 Å². The van der Waals surface area contributed by atoms with Gasteiger partial charge in [-0.05, 0) is 31.0 Å². The fourth-order valence-electron chi connectivity index (χ4n) is 1.93. The van der Waals surface area contributed by atoms with Gasteiger partial charge >= 0.3 is 0 Å². The Morgan fingerprint density at radius 2 is 2.05 bits per heavy atom. The molecule has 0 aliphatic rings. The lowest BCUT2D eigenvalue weighted by Gasteiger charge is -2.19. The van der Waals surface area contributed by atoms with Crippen molar-refractivity contribution in [3.05, 3.63) is 33.8 Å². The van der Waals surface area contributed by atoms with Gasteiger partial charge in [0.1, 0.15) is 6.61 Å². The second kappa shape index (κ2) is 9.50. The van der Waals surface area contributed by atoms with Gasteiger partial charge in [0.25, 0.3) is 6.43 Å². The Hall–Kier alpha value is -0.420. The zero-order valence-electron chi connectivity index (χ0n) is 11.3. The van der Waals surface area contributed by atoms with E-state index in [1.54, 1.807) is 6.07 Å². The number of nitrogens with one attached hydrogen (secondary N) is 1. The highest BCUT2D eigenvalue weighted by molar-refractivity contribution is 6.42. The molecule has 0 aromatic heterocycles. The Morgan fingerprint density at radius 3 is 2.70 bits per heavy atom. The maximum absolute atomic E-state index is 12.0. The van der Waals surface area contributed by atoms with Crippen molar-refractivity contribution >= 4 is 23.2 Å². The van der Waals surface area contributed by atoms with E-state index in [1.165, 1.54) is 0 Å². The molecule has 20 heavy (non-hydrogen) atoms. The predicted molar refractivity (Wildman–Crippen MR) is 79.1 cm³/mol. The first kappa shape index (κ1) is 17.6. The summed E-state index contributed by atoms with van der Waals surface area (Å²) in [6.07, 6.45) is -1.09. The molecule has 0 aliphatic heterocycles. The molecule has 0 saturated carbocycles. The van der Waals surface area contributed by atoms with Crippen molar-refractivity contribution in [2.75, 3.05) is 19.8 Å². The summed E-state index contributed by atoms with van der Waals surface area (Å²) in [6.45, 7) is 2.56. The molecule has 6 heteroatoms. The number of benzene rings is 1. The van der Waals surface area contributed by atoms with Crippen molar-refractivity contribution in [1.29, 1.82) is 0 Å². The van der Waals surface area contributed by atoms with E-state index in [9.17, 15) is 8.78 Å². The molecule has 0 aliphatic carbocycles. The highest BCUT2D eigenvalue weighted by Gasteiger charge is 2.13. The van der Waals surface area contributed by atoms with Crippen molar-refractivity contribution < 1.29 is 13.5 Å². The van der Waals surface area contributed by atoms with E-state index in [2.05, 4.69) is 5.32 Å². The van der Waals surface area contributed by atoms with Crippen LogP contribution in [0.25, 0.3) is 0 Å². The lowest BCUT2D eigenvalue weighted by atomic mass is 10.0. The molecule has 114 valence electrons. The second-order valence-corrected chi connectivity index (χ2v) is 5.21. The van der Waals surface area contributed by atoms with Crippen molar-refractivity contribution in [2.45, 2.75) is 32.2 Å². The molecule has 1 aromatic carbocycles. The van der Waals surface area contributed by atoms with Crippen LogP contribution in [0.3, 0.4) is 0 Å². The van der Waals surface area contributed by atoms with Crippen molar-refractivity contribution in [2.24, 2.45) is 0 Å². The van der Waals surface area contributed by atoms with E-state index in [4.69, 9.17) is 27.9 Å². The summed E-state index contributed by atoms with van der Waals surface area (Å²) in [6, 6.07) is 5.62. The highest BCUT2D eigenvalue weighted by atomic mass is 35.5. The topological polar surface area (TPSA) is 21.3 Å². The zero-order valence-corrected chi connectivity index (χ0v) is 12.9. The second-order valence-electron chi connectivity index (χ2n) is 4.43. The lowest BCUT2D eigenvalue weighted by Crippen LogP contribution is -2.32. The molecule has 1 unspecified atom stereocenters. The SMILES string of the molecule is CCNC(CCOCC(F)F)Cc1cccc(Cl)c1Cl. The molecule has 1 atom stereocenters. The molecule has 1 rings (SSSR count). The Kier molecular flexibility index (Phi) is 8.38. The molecule has 0 radical (unpaired) electrons. The van der Waals surface area contributed by atoms with Gasteiger partial charge in [0, 0.05) is 12.6 Å². The molecule has 0 amide bonds. The standard InChI is InChI=1S/C14H19Cl2F2NO/c1-2-19-11(6-7-20-9-13(17)18)8-10-4-3-5-12(15)14(10)16/h3-5,11,13,19H,2,6-9H2,1H3. The van der Waals surface area contributed by atoms with Crippen LogP contribution in [0.1, 0.15) is 18.9 Å². The Morgan fingerprint density at radius 1 is 1.30 bits per heavy atom. The van der Waals surface area contributed by atoms with Gasteiger partial charge in [-0.15, -0.1) is 0 Å². The minimum Gasteiger partial charge on any atom is -0.375 e. The number of hydrogen-bond donors (Lipinski definition) is 1. The van der Waals surface area contributed by atoms with E-state index in [0.29, 0.717) is 29.5 Å². The molecule has 0 spiro atoms. The number of hydrogen-bond acceptors (Lipinski definition) is 2. The summed E-state index contributed by atoms with van der Waals surface area (Å²) < 4.78 is 28.9. The van der Waals surface area contributed by atoms with Gasteiger partial charge in [-0.2, -0.15) is 0 Å². The molecule has 0 fully saturated rings. The van der Waals surface area contributed by atoms with Crippen LogP contribution in [0.2, 0.25) is 10.0 Å². The van der Waals surface area contributed by atoms with Crippen molar-refractivity contribution in [3.8, 4) is 0 Å².